The zero-order chi connectivity index (χ0) is 13.9. The van der Waals surface area contributed by atoms with Crippen molar-refractivity contribution in [3.05, 3.63) is 23.8 Å². The highest BCUT2D eigenvalue weighted by Crippen LogP contribution is 2.19. The van der Waals surface area contributed by atoms with Crippen LogP contribution < -0.4 is 15.2 Å². The van der Waals surface area contributed by atoms with E-state index >= 15 is 0 Å². The average molecular weight is 272 g/mol. The minimum absolute atomic E-state index is 0.0681. The van der Waals surface area contributed by atoms with Gasteiger partial charge in [-0.1, -0.05) is 0 Å². The smallest absolute Gasteiger partial charge is 0.266 e. The summed E-state index contributed by atoms with van der Waals surface area (Å²) in [5.41, 5.74) is 5.88. The SMILES string of the molecule is COc1ccc(N)c(C(=O)NS(=O)(=O)C(C)C)c1. The lowest BCUT2D eigenvalue weighted by Crippen LogP contribution is -2.36. The molecule has 0 aromatic heterocycles. The number of amides is 1. The standard InChI is InChI=1S/C11H16N2O4S/c1-7(2)18(15,16)13-11(14)9-6-8(17-3)4-5-10(9)12/h4-7H,12H2,1-3H3,(H,13,14). The van der Waals surface area contributed by atoms with Crippen LogP contribution in [0.2, 0.25) is 0 Å². The van der Waals surface area contributed by atoms with Crippen LogP contribution in [0.15, 0.2) is 18.2 Å². The summed E-state index contributed by atoms with van der Waals surface area (Å²) >= 11 is 0. The van der Waals surface area contributed by atoms with E-state index in [1.807, 2.05) is 4.72 Å². The first-order chi connectivity index (χ1) is 8.27. The second-order valence-electron chi connectivity index (χ2n) is 3.98. The molecule has 1 aromatic carbocycles. The van der Waals surface area contributed by atoms with E-state index in [0.29, 0.717) is 5.75 Å². The van der Waals surface area contributed by atoms with Crippen molar-refractivity contribution in [2.45, 2.75) is 19.1 Å². The monoisotopic (exact) mass is 272 g/mol. The summed E-state index contributed by atoms with van der Waals surface area (Å²) in [6.07, 6.45) is 0. The van der Waals surface area contributed by atoms with Gasteiger partial charge in [0.05, 0.1) is 17.9 Å². The third kappa shape index (κ3) is 3.13. The molecule has 0 unspecified atom stereocenters. The molecular formula is C11H16N2O4S. The molecular weight excluding hydrogens is 256 g/mol. The lowest BCUT2D eigenvalue weighted by molar-refractivity contribution is 0.0981. The second kappa shape index (κ2) is 5.26. The van der Waals surface area contributed by atoms with E-state index in [-0.39, 0.29) is 11.3 Å². The van der Waals surface area contributed by atoms with Crippen LogP contribution in [0, 0.1) is 0 Å². The quantitative estimate of drug-likeness (QED) is 0.788. The topological polar surface area (TPSA) is 98.5 Å². The maximum atomic E-state index is 11.8. The zero-order valence-electron chi connectivity index (χ0n) is 10.4. The van der Waals surface area contributed by atoms with Gasteiger partial charge >= 0.3 is 0 Å². The molecule has 0 radical (unpaired) electrons. The van der Waals surface area contributed by atoms with Crippen LogP contribution in [0.4, 0.5) is 5.69 Å². The van der Waals surface area contributed by atoms with Crippen LogP contribution in [0.3, 0.4) is 0 Å². The van der Waals surface area contributed by atoms with E-state index in [2.05, 4.69) is 0 Å². The van der Waals surface area contributed by atoms with Crippen molar-refractivity contribution in [3.63, 3.8) is 0 Å². The third-order valence-corrected chi connectivity index (χ3v) is 4.07. The molecule has 0 spiro atoms. The van der Waals surface area contributed by atoms with E-state index in [1.165, 1.54) is 33.1 Å². The number of benzene rings is 1. The molecule has 0 saturated heterocycles. The summed E-state index contributed by atoms with van der Waals surface area (Å²) in [5, 5.41) is -0.701. The molecule has 1 rings (SSSR count). The van der Waals surface area contributed by atoms with Crippen molar-refractivity contribution >= 4 is 21.6 Å². The highest BCUT2D eigenvalue weighted by molar-refractivity contribution is 7.90. The minimum Gasteiger partial charge on any atom is -0.497 e. The van der Waals surface area contributed by atoms with E-state index in [1.54, 1.807) is 6.07 Å². The normalized spacial score (nSPS) is 11.3. The molecule has 18 heavy (non-hydrogen) atoms. The summed E-state index contributed by atoms with van der Waals surface area (Å²) in [6.45, 7) is 2.95. The molecule has 0 aliphatic heterocycles. The van der Waals surface area contributed by atoms with Gasteiger partial charge in [-0.05, 0) is 32.0 Å². The fraction of sp³-hybridized carbons (Fsp3) is 0.364. The summed E-state index contributed by atoms with van der Waals surface area (Å²) in [7, 11) is -2.24. The molecule has 100 valence electrons. The number of nitrogen functional groups attached to an aromatic ring is 1. The van der Waals surface area contributed by atoms with Gasteiger partial charge in [0.2, 0.25) is 10.0 Å². The van der Waals surface area contributed by atoms with Gasteiger partial charge in [-0.3, -0.25) is 4.79 Å². The lowest BCUT2D eigenvalue weighted by Gasteiger charge is -2.11. The number of anilines is 1. The summed E-state index contributed by atoms with van der Waals surface area (Å²) in [4.78, 5) is 11.8. The molecule has 0 bridgehead atoms. The maximum absolute atomic E-state index is 11.8. The van der Waals surface area contributed by atoms with Gasteiger partial charge in [-0.25, -0.2) is 13.1 Å². The van der Waals surface area contributed by atoms with Crippen LogP contribution in [0.1, 0.15) is 24.2 Å². The first-order valence-electron chi connectivity index (χ1n) is 5.27. The largest absolute Gasteiger partial charge is 0.497 e. The Hall–Kier alpha value is -1.76. The number of hydrogen-bond donors (Lipinski definition) is 2. The van der Waals surface area contributed by atoms with Crippen molar-refractivity contribution in [3.8, 4) is 5.75 Å². The molecule has 0 heterocycles. The van der Waals surface area contributed by atoms with Crippen molar-refractivity contribution in [1.82, 2.24) is 4.72 Å². The number of nitrogens with two attached hydrogens (primary N) is 1. The van der Waals surface area contributed by atoms with E-state index in [9.17, 15) is 13.2 Å². The van der Waals surface area contributed by atoms with Gasteiger partial charge in [0.25, 0.3) is 5.91 Å². The van der Waals surface area contributed by atoms with Crippen LogP contribution in [-0.2, 0) is 10.0 Å². The summed E-state index contributed by atoms with van der Waals surface area (Å²) in [5.74, 6) is -0.337. The first-order valence-corrected chi connectivity index (χ1v) is 6.82. The molecule has 1 amide bonds. The van der Waals surface area contributed by atoms with Crippen molar-refractivity contribution in [1.29, 1.82) is 0 Å². The molecule has 3 N–H and O–H groups in total. The molecule has 1 aromatic rings. The predicted octanol–water partition coefficient (Wildman–Crippen LogP) is 0.745. The van der Waals surface area contributed by atoms with Crippen LogP contribution in [0.5, 0.6) is 5.75 Å². The Kier molecular flexibility index (Phi) is 4.18. The van der Waals surface area contributed by atoms with Gasteiger partial charge in [-0.2, -0.15) is 0 Å². The third-order valence-electron chi connectivity index (χ3n) is 2.36. The van der Waals surface area contributed by atoms with Gasteiger partial charge < -0.3 is 10.5 Å². The minimum atomic E-state index is -3.68. The number of methoxy groups -OCH3 is 1. The van der Waals surface area contributed by atoms with Gasteiger partial charge in [0.1, 0.15) is 5.75 Å². The Balaban J connectivity index is 3.05. The number of carbonyl (C=O) groups excluding carboxylic acids is 1. The van der Waals surface area contributed by atoms with Gasteiger partial charge in [0, 0.05) is 5.69 Å². The van der Waals surface area contributed by atoms with E-state index in [4.69, 9.17) is 10.5 Å². The number of rotatable bonds is 4. The molecule has 6 nitrogen and oxygen atoms in total. The van der Waals surface area contributed by atoms with Crippen LogP contribution >= 0.6 is 0 Å². The second-order valence-corrected chi connectivity index (χ2v) is 6.22. The molecule has 7 heteroatoms. The molecule has 0 saturated carbocycles. The Morgan fingerprint density at radius 3 is 2.50 bits per heavy atom. The number of hydrogen-bond acceptors (Lipinski definition) is 5. The number of carbonyl (C=O) groups is 1. The van der Waals surface area contributed by atoms with Gasteiger partial charge in [-0.15, -0.1) is 0 Å². The summed E-state index contributed by atoms with van der Waals surface area (Å²) in [6, 6.07) is 4.46. The van der Waals surface area contributed by atoms with E-state index in [0.717, 1.165) is 0 Å². The first kappa shape index (κ1) is 14.3. The Morgan fingerprint density at radius 1 is 1.39 bits per heavy atom. The Morgan fingerprint density at radius 2 is 2.00 bits per heavy atom. The van der Waals surface area contributed by atoms with Crippen molar-refractivity contribution < 1.29 is 17.9 Å². The average Bonchev–Trinajstić information content (AvgIpc) is 2.28. The maximum Gasteiger partial charge on any atom is 0.266 e. The Bertz CT molecular complexity index is 552. The Labute approximate surface area is 106 Å². The number of nitrogens with one attached hydrogen (secondary N) is 1. The lowest BCUT2D eigenvalue weighted by atomic mass is 10.1. The van der Waals surface area contributed by atoms with Crippen molar-refractivity contribution in [2.24, 2.45) is 0 Å². The predicted molar refractivity (Wildman–Crippen MR) is 68.9 cm³/mol. The molecule has 0 atom stereocenters. The highest BCUT2D eigenvalue weighted by Gasteiger charge is 2.21. The van der Waals surface area contributed by atoms with E-state index < -0.39 is 21.2 Å². The molecule has 0 aliphatic carbocycles. The summed E-state index contributed by atoms with van der Waals surface area (Å²) < 4.78 is 30.1. The fourth-order valence-corrected chi connectivity index (χ4v) is 1.77. The zero-order valence-corrected chi connectivity index (χ0v) is 11.2. The number of sulfonamides is 1. The van der Waals surface area contributed by atoms with Crippen molar-refractivity contribution in [2.75, 3.05) is 12.8 Å². The highest BCUT2D eigenvalue weighted by atomic mass is 32.2. The number of ether oxygens (including phenoxy) is 1. The molecule has 0 fully saturated rings. The van der Waals surface area contributed by atoms with Gasteiger partial charge in [0.15, 0.2) is 0 Å². The van der Waals surface area contributed by atoms with Crippen LogP contribution in [-0.4, -0.2) is 26.7 Å². The molecule has 0 aliphatic rings. The van der Waals surface area contributed by atoms with Crippen LogP contribution in [0.25, 0.3) is 0 Å². The fourth-order valence-electron chi connectivity index (χ4n) is 1.16.